The maximum Gasteiger partial charge on any atom is 0.265 e. The number of carbonyl (C=O) groups excluding carboxylic acids is 1. The second kappa shape index (κ2) is 8.46. The fourth-order valence-electron chi connectivity index (χ4n) is 1.64. The van der Waals surface area contributed by atoms with Gasteiger partial charge in [-0.2, -0.15) is 0 Å². The Balaban J connectivity index is 1.78. The molecule has 0 saturated carbocycles. The summed E-state index contributed by atoms with van der Waals surface area (Å²) in [6.07, 6.45) is 3.51. The van der Waals surface area contributed by atoms with Gasteiger partial charge >= 0.3 is 0 Å². The third-order valence-electron chi connectivity index (χ3n) is 2.70. The van der Waals surface area contributed by atoms with E-state index in [0.29, 0.717) is 5.02 Å². The first-order valence-electron chi connectivity index (χ1n) is 6.52. The van der Waals surface area contributed by atoms with Gasteiger partial charge in [-0.1, -0.05) is 35.0 Å². The minimum absolute atomic E-state index is 0.145. The minimum Gasteiger partial charge on any atom is -0.386 e. The molecule has 0 fully saturated rings. The van der Waals surface area contributed by atoms with Crippen molar-refractivity contribution in [2.45, 2.75) is 4.90 Å². The molecule has 2 aromatic carbocycles. The van der Waals surface area contributed by atoms with Crippen LogP contribution >= 0.6 is 23.4 Å². The van der Waals surface area contributed by atoms with Crippen LogP contribution in [-0.4, -0.2) is 25.0 Å². The molecule has 0 heterocycles. The molecule has 22 heavy (non-hydrogen) atoms. The van der Waals surface area contributed by atoms with Gasteiger partial charge < -0.3 is 10.2 Å². The standard InChI is InChI=1S/C16H15ClN2O2S/c1-22-15-4-2-3-14(9-15)19-16(20)11-21-18-10-12-5-7-13(17)8-6-12/h2-10H,11H2,1H3,(H,19,20)/b18-10+. The molecule has 0 spiro atoms. The Hall–Kier alpha value is -1.98. The van der Waals surface area contributed by atoms with Crippen LogP contribution in [0.3, 0.4) is 0 Å². The van der Waals surface area contributed by atoms with Gasteiger partial charge in [0.1, 0.15) is 0 Å². The summed E-state index contributed by atoms with van der Waals surface area (Å²) in [4.78, 5) is 17.8. The zero-order valence-electron chi connectivity index (χ0n) is 12.0. The summed E-state index contributed by atoms with van der Waals surface area (Å²) in [7, 11) is 0. The third kappa shape index (κ3) is 5.42. The summed E-state index contributed by atoms with van der Waals surface area (Å²) >= 11 is 7.40. The summed E-state index contributed by atoms with van der Waals surface area (Å²) < 4.78 is 0. The topological polar surface area (TPSA) is 50.7 Å². The van der Waals surface area contributed by atoms with Gasteiger partial charge in [0.2, 0.25) is 0 Å². The summed E-state index contributed by atoms with van der Waals surface area (Å²) in [5, 5.41) is 7.17. The van der Waals surface area contributed by atoms with Crippen LogP contribution in [0.5, 0.6) is 0 Å². The number of oxime groups is 1. The van der Waals surface area contributed by atoms with Gasteiger partial charge in [0.05, 0.1) is 6.21 Å². The lowest BCUT2D eigenvalue weighted by molar-refractivity contribution is -0.120. The smallest absolute Gasteiger partial charge is 0.265 e. The molecule has 0 aliphatic carbocycles. The predicted molar refractivity (Wildman–Crippen MR) is 91.9 cm³/mol. The van der Waals surface area contributed by atoms with Crippen molar-refractivity contribution in [2.24, 2.45) is 5.16 Å². The van der Waals surface area contributed by atoms with E-state index in [1.165, 1.54) is 6.21 Å². The summed E-state index contributed by atoms with van der Waals surface area (Å²) in [5.41, 5.74) is 1.58. The second-order valence-electron chi connectivity index (χ2n) is 4.34. The molecule has 1 N–H and O–H groups in total. The van der Waals surface area contributed by atoms with Crippen molar-refractivity contribution in [1.29, 1.82) is 0 Å². The van der Waals surface area contributed by atoms with E-state index in [2.05, 4.69) is 10.5 Å². The number of hydrogen-bond donors (Lipinski definition) is 1. The first-order valence-corrected chi connectivity index (χ1v) is 8.12. The Morgan fingerprint density at radius 2 is 2.09 bits per heavy atom. The van der Waals surface area contributed by atoms with Crippen molar-refractivity contribution in [3.05, 3.63) is 59.1 Å². The maximum atomic E-state index is 11.7. The largest absolute Gasteiger partial charge is 0.386 e. The molecule has 0 bridgehead atoms. The van der Waals surface area contributed by atoms with E-state index in [-0.39, 0.29) is 12.5 Å². The van der Waals surface area contributed by atoms with Crippen LogP contribution in [-0.2, 0) is 9.63 Å². The lowest BCUT2D eigenvalue weighted by Crippen LogP contribution is -2.16. The van der Waals surface area contributed by atoms with Crippen LogP contribution in [0.25, 0.3) is 0 Å². The van der Waals surface area contributed by atoms with Gasteiger partial charge in [-0.25, -0.2) is 0 Å². The number of carbonyl (C=O) groups is 1. The van der Waals surface area contributed by atoms with E-state index in [1.807, 2.05) is 42.7 Å². The molecular formula is C16H15ClN2O2S. The number of benzene rings is 2. The molecule has 0 atom stereocenters. The van der Waals surface area contributed by atoms with Crippen molar-refractivity contribution >= 4 is 41.2 Å². The number of thioether (sulfide) groups is 1. The highest BCUT2D eigenvalue weighted by molar-refractivity contribution is 7.98. The van der Waals surface area contributed by atoms with Crippen molar-refractivity contribution in [3.63, 3.8) is 0 Å². The van der Waals surface area contributed by atoms with Crippen LogP contribution < -0.4 is 5.32 Å². The van der Waals surface area contributed by atoms with Crippen LogP contribution in [0.1, 0.15) is 5.56 Å². The Morgan fingerprint density at radius 3 is 2.82 bits per heavy atom. The lowest BCUT2D eigenvalue weighted by atomic mass is 10.2. The Morgan fingerprint density at radius 1 is 1.32 bits per heavy atom. The molecule has 114 valence electrons. The monoisotopic (exact) mass is 334 g/mol. The lowest BCUT2D eigenvalue weighted by Gasteiger charge is -2.05. The average molecular weight is 335 g/mol. The van der Waals surface area contributed by atoms with E-state index in [4.69, 9.17) is 16.4 Å². The van der Waals surface area contributed by atoms with Crippen molar-refractivity contribution < 1.29 is 9.63 Å². The van der Waals surface area contributed by atoms with Crippen molar-refractivity contribution in [2.75, 3.05) is 18.2 Å². The molecule has 0 radical (unpaired) electrons. The van der Waals surface area contributed by atoms with Crippen molar-refractivity contribution in [1.82, 2.24) is 0 Å². The molecule has 0 unspecified atom stereocenters. The first kappa shape index (κ1) is 16.4. The first-order chi connectivity index (χ1) is 10.7. The summed E-state index contributed by atoms with van der Waals surface area (Å²) in [6, 6.07) is 14.7. The highest BCUT2D eigenvalue weighted by atomic mass is 35.5. The van der Waals surface area contributed by atoms with Crippen molar-refractivity contribution in [3.8, 4) is 0 Å². The van der Waals surface area contributed by atoms with Gasteiger partial charge in [0.25, 0.3) is 5.91 Å². The predicted octanol–water partition coefficient (Wildman–Crippen LogP) is 4.05. The Kier molecular flexibility index (Phi) is 6.30. The van der Waals surface area contributed by atoms with Crippen LogP contribution in [0.15, 0.2) is 58.6 Å². The number of halogens is 1. The highest BCUT2D eigenvalue weighted by Gasteiger charge is 2.03. The molecule has 0 aliphatic heterocycles. The zero-order valence-corrected chi connectivity index (χ0v) is 13.5. The molecule has 2 rings (SSSR count). The van der Waals surface area contributed by atoms with E-state index >= 15 is 0 Å². The SMILES string of the molecule is CSc1cccc(NC(=O)CO/N=C/c2ccc(Cl)cc2)c1. The highest BCUT2D eigenvalue weighted by Crippen LogP contribution is 2.18. The summed E-state index contributed by atoms with van der Waals surface area (Å²) in [5.74, 6) is -0.258. The molecule has 2 aromatic rings. The van der Waals surface area contributed by atoms with Gasteiger partial charge in [-0.05, 0) is 42.2 Å². The molecule has 1 amide bonds. The molecule has 6 heteroatoms. The van der Waals surface area contributed by atoms with Crippen LogP contribution in [0.2, 0.25) is 5.02 Å². The average Bonchev–Trinajstić information content (AvgIpc) is 2.53. The number of anilines is 1. The van der Waals surface area contributed by atoms with Crippen LogP contribution in [0.4, 0.5) is 5.69 Å². The number of amides is 1. The van der Waals surface area contributed by atoms with Crippen LogP contribution in [0, 0.1) is 0 Å². The van der Waals surface area contributed by atoms with Gasteiger partial charge in [0.15, 0.2) is 6.61 Å². The third-order valence-corrected chi connectivity index (χ3v) is 3.67. The molecule has 0 saturated heterocycles. The molecular weight excluding hydrogens is 320 g/mol. The maximum absolute atomic E-state index is 11.7. The number of nitrogens with one attached hydrogen (secondary N) is 1. The number of nitrogens with zero attached hydrogens (tertiary/aromatic N) is 1. The second-order valence-corrected chi connectivity index (χ2v) is 5.66. The van der Waals surface area contributed by atoms with Gasteiger partial charge in [-0.3, -0.25) is 4.79 Å². The van der Waals surface area contributed by atoms with E-state index in [1.54, 1.807) is 23.9 Å². The Bertz CT molecular complexity index is 659. The number of hydrogen-bond acceptors (Lipinski definition) is 4. The number of rotatable bonds is 6. The van der Waals surface area contributed by atoms with Gasteiger partial charge in [0, 0.05) is 15.6 Å². The zero-order chi connectivity index (χ0) is 15.8. The van der Waals surface area contributed by atoms with E-state index < -0.39 is 0 Å². The fraction of sp³-hybridized carbons (Fsp3) is 0.125. The quantitative estimate of drug-likeness (QED) is 0.492. The normalized spacial score (nSPS) is 10.6. The molecule has 0 aromatic heterocycles. The fourth-order valence-corrected chi connectivity index (χ4v) is 2.23. The Labute approximate surface area is 138 Å². The van der Waals surface area contributed by atoms with Gasteiger partial charge in [-0.15, -0.1) is 11.8 Å². The minimum atomic E-state index is -0.258. The van der Waals surface area contributed by atoms with E-state index in [0.717, 1.165) is 16.1 Å². The molecule has 4 nitrogen and oxygen atoms in total. The molecule has 0 aliphatic rings. The summed E-state index contributed by atoms with van der Waals surface area (Å²) in [6.45, 7) is -0.145. The van der Waals surface area contributed by atoms with E-state index in [9.17, 15) is 4.79 Å².